The minimum absolute atomic E-state index is 0.0937. The molecule has 0 bridgehead atoms. The van der Waals surface area contributed by atoms with Crippen LogP contribution in [0.25, 0.3) is 22.2 Å². The van der Waals surface area contributed by atoms with E-state index in [-0.39, 0.29) is 22.0 Å². The Morgan fingerprint density at radius 1 is 1.09 bits per heavy atom. The van der Waals surface area contributed by atoms with E-state index in [9.17, 15) is 9.59 Å². The predicted molar refractivity (Wildman–Crippen MR) is 130 cm³/mol. The van der Waals surface area contributed by atoms with Gasteiger partial charge < -0.3 is 10.1 Å². The second-order valence-corrected chi connectivity index (χ2v) is 8.46. The van der Waals surface area contributed by atoms with E-state index in [0.717, 1.165) is 27.9 Å². The molecule has 10 heteroatoms. The van der Waals surface area contributed by atoms with Crippen LogP contribution in [0.4, 0.5) is 0 Å². The number of methoxy groups -OCH3 is 1. The number of hydrogen-bond acceptors (Lipinski definition) is 6. The van der Waals surface area contributed by atoms with Gasteiger partial charge in [0.15, 0.2) is 0 Å². The highest BCUT2D eigenvalue weighted by Crippen LogP contribution is 2.31. The number of nitrogens with one attached hydrogen (secondary N) is 1. The molecule has 0 saturated heterocycles. The van der Waals surface area contributed by atoms with Gasteiger partial charge in [-0.25, -0.2) is 4.79 Å². The van der Waals surface area contributed by atoms with Crippen LogP contribution in [0, 0.1) is 6.92 Å². The first-order valence-electron chi connectivity index (χ1n) is 10.4. The van der Waals surface area contributed by atoms with E-state index in [2.05, 4.69) is 20.5 Å². The highest BCUT2D eigenvalue weighted by Gasteiger charge is 2.26. The summed E-state index contributed by atoms with van der Waals surface area (Å²) < 4.78 is 4.94. The van der Waals surface area contributed by atoms with E-state index in [0.29, 0.717) is 5.52 Å². The van der Waals surface area contributed by atoms with Crippen molar-refractivity contribution in [1.82, 2.24) is 25.3 Å². The summed E-state index contributed by atoms with van der Waals surface area (Å²) in [7, 11) is 3.03. The summed E-state index contributed by atoms with van der Waals surface area (Å²) in [6.45, 7) is 1.89. The van der Waals surface area contributed by atoms with Crippen LogP contribution in [0.3, 0.4) is 0 Å². The molecule has 8 nitrogen and oxygen atoms in total. The van der Waals surface area contributed by atoms with Crippen molar-refractivity contribution in [3.05, 3.63) is 75.5 Å². The molecule has 0 aliphatic rings. The molecule has 1 amide bonds. The van der Waals surface area contributed by atoms with Gasteiger partial charge in [-0.3, -0.25) is 9.78 Å². The molecule has 2 aromatic carbocycles. The van der Waals surface area contributed by atoms with E-state index in [1.165, 1.54) is 11.9 Å². The Morgan fingerprint density at radius 2 is 1.82 bits per heavy atom. The zero-order chi connectivity index (χ0) is 24.4. The van der Waals surface area contributed by atoms with Crippen LogP contribution >= 0.6 is 23.2 Å². The number of aryl methyl sites for hydroxylation is 2. The average Bonchev–Trinajstić information content (AvgIpc) is 3.15. The fraction of sp³-hybridized carbons (Fsp3) is 0.208. The molecule has 1 atom stereocenters. The molecule has 0 fully saturated rings. The van der Waals surface area contributed by atoms with Crippen molar-refractivity contribution >= 4 is 46.0 Å². The van der Waals surface area contributed by atoms with Crippen LogP contribution in [0.15, 0.2) is 48.7 Å². The molecule has 4 aromatic rings. The minimum atomic E-state index is -0.987. The number of esters is 1. The summed E-state index contributed by atoms with van der Waals surface area (Å²) in [5.41, 5.74) is 3.94. The van der Waals surface area contributed by atoms with Gasteiger partial charge in [-0.15, -0.1) is 0 Å². The zero-order valence-electron chi connectivity index (χ0n) is 18.7. The first-order valence-corrected chi connectivity index (χ1v) is 11.1. The molecule has 1 N–H and O–H groups in total. The molecule has 2 aromatic heterocycles. The molecule has 2 heterocycles. The lowest BCUT2D eigenvalue weighted by molar-refractivity contribution is -0.142. The molecule has 0 aliphatic heterocycles. The number of amides is 1. The second kappa shape index (κ2) is 9.79. The molecular weight excluding hydrogens is 477 g/mol. The van der Waals surface area contributed by atoms with Gasteiger partial charge in [0.1, 0.15) is 11.7 Å². The van der Waals surface area contributed by atoms with Crippen molar-refractivity contribution in [1.29, 1.82) is 0 Å². The Morgan fingerprint density at radius 3 is 2.47 bits per heavy atom. The van der Waals surface area contributed by atoms with Gasteiger partial charge in [-0.1, -0.05) is 47.5 Å². The summed E-state index contributed by atoms with van der Waals surface area (Å²) in [4.78, 5) is 31.6. The molecule has 0 unspecified atom stereocenters. The largest absolute Gasteiger partial charge is 0.467 e. The summed E-state index contributed by atoms with van der Waals surface area (Å²) in [5, 5.41) is 12.7. The Labute approximate surface area is 205 Å². The van der Waals surface area contributed by atoms with Crippen molar-refractivity contribution in [3.8, 4) is 11.3 Å². The molecule has 0 spiro atoms. The third kappa shape index (κ3) is 4.60. The van der Waals surface area contributed by atoms with Gasteiger partial charge in [0.05, 0.1) is 33.9 Å². The first kappa shape index (κ1) is 23.7. The highest BCUT2D eigenvalue weighted by atomic mass is 35.5. The molecule has 174 valence electrons. The van der Waals surface area contributed by atoms with E-state index >= 15 is 0 Å². The molecular formula is C24H21Cl2N5O3. The van der Waals surface area contributed by atoms with Crippen molar-refractivity contribution in [2.45, 2.75) is 19.4 Å². The molecule has 4 rings (SSSR count). The van der Waals surface area contributed by atoms with E-state index < -0.39 is 17.9 Å². The van der Waals surface area contributed by atoms with Crippen molar-refractivity contribution in [3.63, 3.8) is 0 Å². The Balaban J connectivity index is 1.71. The van der Waals surface area contributed by atoms with Crippen LogP contribution in [0.1, 0.15) is 21.6 Å². The number of nitrogens with zero attached hydrogens (tertiary/aromatic N) is 4. The van der Waals surface area contributed by atoms with Crippen LogP contribution in [-0.4, -0.2) is 45.0 Å². The SMILES string of the molecule is COC(=O)[C@H](Cc1ccc(-c2nn(C)nc2C)c2cccnc12)NC(=O)c1c(Cl)cccc1Cl. The number of halogens is 2. The fourth-order valence-electron chi connectivity index (χ4n) is 3.86. The number of carbonyl (C=O) groups excluding carboxylic acids is 2. The maximum atomic E-state index is 12.9. The molecule has 0 aliphatic carbocycles. The van der Waals surface area contributed by atoms with Gasteiger partial charge in [-0.2, -0.15) is 15.0 Å². The standard InChI is InChI=1S/C24H21Cl2N5O3/c1-13-21(30-31(2)29-13)16-10-9-14(22-15(16)6-5-11-27-22)12-19(24(33)34-3)28-23(32)20-17(25)7-4-8-18(20)26/h4-11,19H,12H2,1-3H3,(H,28,32)/t19-/m0/s1. The number of pyridine rings is 1. The number of benzene rings is 2. The predicted octanol–water partition coefficient (Wildman–Crippen LogP) is 4.16. The normalized spacial score (nSPS) is 11.9. The Hall–Kier alpha value is -3.49. The topological polar surface area (TPSA) is 99.0 Å². The smallest absolute Gasteiger partial charge is 0.328 e. The van der Waals surface area contributed by atoms with Crippen molar-refractivity contribution in [2.75, 3.05) is 7.11 Å². The molecule has 0 saturated carbocycles. The Bertz CT molecular complexity index is 1380. The molecule has 34 heavy (non-hydrogen) atoms. The van der Waals surface area contributed by atoms with Gasteiger partial charge in [0.2, 0.25) is 0 Å². The summed E-state index contributed by atoms with van der Waals surface area (Å²) in [6, 6.07) is 11.3. The third-order valence-electron chi connectivity index (χ3n) is 5.40. The number of rotatable bonds is 6. The lowest BCUT2D eigenvalue weighted by Gasteiger charge is -2.19. The van der Waals surface area contributed by atoms with E-state index in [4.69, 9.17) is 27.9 Å². The zero-order valence-corrected chi connectivity index (χ0v) is 20.2. The van der Waals surface area contributed by atoms with Crippen LogP contribution < -0.4 is 5.32 Å². The van der Waals surface area contributed by atoms with Crippen molar-refractivity contribution < 1.29 is 14.3 Å². The van der Waals surface area contributed by atoms with Gasteiger partial charge in [0.25, 0.3) is 5.91 Å². The lowest BCUT2D eigenvalue weighted by Crippen LogP contribution is -2.43. The lowest BCUT2D eigenvalue weighted by atomic mass is 9.97. The summed E-state index contributed by atoms with van der Waals surface area (Å²) >= 11 is 12.3. The van der Waals surface area contributed by atoms with Gasteiger partial charge in [0, 0.05) is 30.6 Å². The number of carbonyl (C=O) groups is 2. The van der Waals surface area contributed by atoms with Gasteiger partial charge in [-0.05, 0) is 30.7 Å². The first-order chi connectivity index (χ1) is 16.3. The van der Waals surface area contributed by atoms with Crippen LogP contribution in [0.2, 0.25) is 10.0 Å². The average molecular weight is 498 g/mol. The fourth-order valence-corrected chi connectivity index (χ4v) is 4.42. The quantitative estimate of drug-likeness (QED) is 0.401. The maximum absolute atomic E-state index is 12.9. The van der Waals surface area contributed by atoms with Crippen LogP contribution in [0.5, 0.6) is 0 Å². The number of aromatic nitrogens is 4. The number of hydrogen-bond donors (Lipinski definition) is 1. The van der Waals surface area contributed by atoms with Gasteiger partial charge >= 0.3 is 5.97 Å². The second-order valence-electron chi connectivity index (χ2n) is 7.65. The summed E-state index contributed by atoms with van der Waals surface area (Å²) in [6.07, 6.45) is 1.82. The Kier molecular flexibility index (Phi) is 6.81. The van der Waals surface area contributed by atoms with E-state index in [1.54, 1.807) is 31.4 Å². The summed E-state index contributed by atoms with van der Waals surface area (Å²) in [5.74, 6) is -1.18. The minimum Gasteiger partial charge on any atom is -0.467 e. The van der Waals surface area contributed by atoms with E-state index in [1.807, 2.05) is 31.2 Å². The molecule has 0 radical (unpaired) electrons. The van der Waals surface area contributed by atoms with Crippen molar-refractivity contribution in [2.24, 2.45) is 7.05 Å². The monoisotopic (exact) mass is 497 g/mol. The highest BCUT2D eigenvalue weighted by molar-refractivity contribution is 6.39. The number of fused-ring (bicyclic) bond motifs is 1. The number of ether oxygens (including phenoxy) is 1. The van der Waals surface area contributed by atoms with Crippen LogP contribution in [-0.2, 0) is 23.0 Å². The third-order valence-corrected chi connectivity index (χ3v) is 6.03. The maximum Gasteiger partial charge on any atom is 0.328 e.